The number of aromatic nitrogens is 4. The molecule has 1 fully saturated rings. The van der Waals surface area contributed by atoms with E-state index in [-0.39, 0.29) is 5.91 Å². The zero-order chi connectivity index (χ0) is 19.8. The monoisotopic (exact) mass is 390 g/mol. The maximum Gasteiger partial charge on any atom is 0.256 e. The fourth-order valence-electron chi connectivity index (χ4n) is 4.64. The number of amides is 1. The van der Waals surface area contributed by atoms with Gasteiger partial charge in [-0.1, -0.05) is 24.6 Å². The molecule has 29 heavy (non-hydrogen) atoms. The molecule has 7 heteroatoms. The highest BCUT2D eigenvalue weighted by Gasteiger charge is 2.29. The number of pyridine rings is 1. The van der Waals surface area contributed by atoms with Crippen molar-refractivity contribution >= 4 is 16.8 Å². The van der Waals surface area contributed by atoms with Gasteiger partial charge in [-0.05, 0) is 38.6 Å². The van der Waals surface area contributed by atoms with Crippen LogP contribution in [-0.2, 0) is 13.0 Å². The minimum absolute atomic E-state index is 0.0457. The maximum atomic E-state index is 13.3. The van der Waals surface area contributed by atoms with Crippen LogP contribution in [0.2, 0.25) is 0 Å². The molecule has 4 heterocycles. The van der Waals surface area contributed by atoms with Gasteiger partial charge in [-0.3, -0.25) is 14.7 Å². The Bertz CT molecular complexity index is 1040. The fraction of sp³-hybridized carbons (Fsp3) is 0.455. The topological polar surface area (TPSA) is 67.2 Å². The average molecular weight is 390 g/mol. The molecule has 5 rings (SSSR count). The first-order chi connectivity index (χ1) is 14.2. The number of para-hydroxylation sites is 1. The first-order valence-corrected chi connectivity index (χ1v) is 10.5. The smallest absolute Gasteiger partial charge is 0.256 e. The molecule has 0 N–H and O–H groups in total. The Morgan fingerprint density at radius 1 is 1.03 bits per heavy atom. The van der Waals surface area contributed by atoms with E-state index in [2.05, 4.69) is 31.7 Å². The van der Waals surface area contributed by atoms with E-state index in [1.807, 2.05) is 35.2 Å². The third-order valence-corrected chi connectivity index (χ3v) is 6.27. The quantitative estimate of drug-likeness (QED) is 0.673. The van der Waals surface area contributed by atoms with Gasteiger partial charge in [0.05, 0.1) is 17.1 Å². The Balaban J connectivity index is 1.39. The summed E-state index contributed by atoms with van der Waals surface area (Å²) in [7, 11) is 2.17. The van der Waals surface area contributed by atoms with Crippen LogP contribution in [0.4, 0.5) is 0 Å². The Morgan fingerprint density at radius 2 is 1.93 bits per heavy atom. The zero-order valence-corrected chi connectivity index (χ0v) is 16.8. The first kappa shape index (κ1) is 18.2. The summed E-state index contributed by atoms with van der Waals surface area (Å²) >= 11 is 0. The summed E-state index contributed by atoms with van der Waals surface area (Å²) < 4.78 is 2.25. The molecule has 150 valence electrons. The lowest BCUT2D eigenvalue weighted by Gasteiger charge is -2.32. The number of carbonyl (C=O) groups excluding carboxylic acids is 1. The molecule has 2 aliphatic rings. The lowest BCUT2D eigenvalue weighted by molar-refractivity contribution is 0.0759. The average Bonchev–Trinajstić information content (AvgIpc) is 3.04. The van der Waals surface area contributed by atoms with Crippen LogP contribution < -0.4 is 0 Å². The van der Waals surface area contributed by atoms with Gasteiger partial charge < -0.3 is 9.47 Å². The molecule has 2 aromatic heterocycles. The number of likely N-dealkylation sites (tertiary alicyclic amines) is 1. The van der Waals surface area contributed by atoms with Gasteiger partial charge >= 0.3 is 0 Å². The van der Waals surface area contributed by atoms with Crippen LogP contribution >= 0.6 is 0 Å². The Morgan fingerprint density at radius 3 is 2.83 bits per heavy atom. The van der Waals surface area contributed by atoms with Crippen LogP contribution in [0.15, 0.2) is 36.5 Å². The van der Waals surface area contributed by atoms with Crippen molar-refractivity contribution in [3.05, 3.63) is 53.7 Å². The van der Waals surface area contributed by atoms with Crippen LogP contribution in [0, 0.1) is 0 Å². The van der Waals surface area contributed by atoms with E-state index in [1.165, 1.54) is 12.8 Å². The summed E-state index contributed by atoms with van der Waals surface area (Å²) in [6, 6.07) is 10.0. The summed E-state index contributed by atoms with van der Waals surface area (Å²) in [5.74, 6) is 2.10. The predicted molar refractivity (Wildman–Crippen MR) is 111 cm³/mol. The van der Waals surface area contributed by atoms with Crippen LogP contribution in [0.25, 0.3) is 10.9 Å². The lowest BCUT2D eigenvalue weighted by atomic mass is 10.0. The van der Waals surface area contributed by atoms with E-state index in [9.17, 15) is 4.79 Å². The highest BCUT2D eigenvalue weighted by atomic mass is 16.2. The van der Waals surface area contributed by atoms with Crippen molar-refractivity contribution in [2.24, 2.45) is 0 Å². The molecule has 0 spiro atoms. The molecule has 1 amide bonds. The molecule has 1 saturated heterocycles. The summed E-state index contributed by atoms with van der Waals surface area (Å²) in [6.07, 6.45) is 6.08. The third kappa shape index (κ3) is 3.29. The number of hydrogen-bond donors (Lipinski definition) is 0. The molecular formula is C22H26N6O. The van der Waals surface area contributed by atoms with Crippen molar-refractivity contribution in [3.63, 3.8) is 0 Å². The van der Waals surface area contributed by atoms with Gasteiger partial charge in [-0.2, -0.15) is 0 Å². The Hall–Kier alpha value is -2.80. The minimum Gasteiger partial charge on any atom is -0.336 e. The van der Waals surface area contributed by atoms with Crippen LogP contribution in [-0.4, -0.2) is 62.1 Å². The number of nitrogens with zero attached hydrogens (tertiary/aromatic N) is 6. The van der Waals surface area contributed by atoms with Crippen LogP contribution in [0.1, 0.15) is 47.3 Å². The van der Waals surface area contributed by atoms with E-state index < -0.39 is 0 Å². The van der Waals surface area contributed by atoms with Crippen molar-refractivity contribution in [2.45, 2.75) is 38.3 Å². The second-order valence-electron chi connectivity index (χ2n) is 8.04. The molecule has 0 aliphatic carbocycles. The predicted octanol–water partition coefficient (Wildman–Crippen LogP) is 2.68. The van der Waals surface area contributed by atoms with Crippen molar-refractivity contribution in [1.29, 1.82) is 0 Å². The number of fused-ring (bicyclic) bond motifs is 2. The summed E-state index contributed by atoms with van der Waals surface area (Å²) in [4.78, 5) is 22.1. The van der Waals surface area contributed by atoms with Crippen molar-refractivity contribution in [1.82, 2.24) is 29.5 Å². The van der Waals surface area contributed by atoms with Gasteiger partial charge in [0, 0.05) is 37.6 Å². The molecule has 0 radical (unpaired) electrons. The molecule has 3 aromatic rings. The molecule has 1 unspecified atom stereocenters. The van der Waals surface area contributed by atoms with Gasteiger partial charge in [0.1, 0.15) is 11.6 Å². The van der Waals surface area contributed by atoms with Gasteiger partial charge in [0.15, 0.2) is 0 Å². The lowest BCUT2D eigenvalue weighted by Crippen LogP contribution is -2.35. The van der Waals surface area contributed by atoms with Crippen molar-refractivity contribution < 1.29 is 4.79 Å². The SMILES string of the molecule is CN1CCCCC1c1nnc2n1CCN(C(=O)c1cccc3cccnc13)CC2. The first-order valence-electron chi connectivity index (χ1n) is 10.5. The van der Waals surface area contributed by atoms with Gasteiger partial charge in [0.2, 0.25) is 0 Å². The summed E-state index contributed by atoms with van der Waals surface area (Å²) in [6.45, 7) is 3.16. The number of benzene rings is 1. The van der Waals surface area contributed by atoms with Crippen molar-refractivity contribution in [3.8, 4) is 0 Å². The Labute approximate surface area is 170 Å². The standard InChI is InChI=1S/C22H26N6O/c1-26-12-3-2-9-18(26)21-25-24-19-10-13-27(14-15-28(19)21)22(29)17-8-4-6-16-7-5-11-23-20(16)17/h4-8,11,18H,2-3,9-10,12-15H2,1H3. The number of rotatable bonds is 2. The molecule has 2 aliphatic heterocycles. The van der Waals surface area contributed by atoms with Crippen LogP contribution in [0.3, 0.4) is 0 Å². The fourth-order valence-corrected chi connectivity index (χ4v) is 4.64. The van der Waals surface area contributed by atoms with E-state index in [0.29, 0.717) is 24.7 Å². The summed E-state index contributed by atoms with van der Waals surface area (Å²) in [5, 5.41) is 10.0. The zero-order valence-electron chi connectivity index (χ0n) is 16.8. The number of carbonyl (C=O) groups is 1. The van der Waals surface area contributed by atoms with Crippen LogP contribution in [0.5, 0.6) is 0 Å². The largest absolute Gasteiger partial charge is 0.336 e. The summed E-state index contributed by atoms with van der Waals surface area (Å²) in [5.41, 5.74) is 1.45. The number of piperidine rings is 1. The molecule has 0 saturated carbocycles. The molecule has 1 atom stereocenters. The minimum atomic E-state index is 0.0457. The molecule has 0 bridgehead atoms. The van der Waals surface area contributed by atoms with Gasteiger partial charge in [-0.25, -0.2) is 0 Å². The molecule has 1 aromatic carbocycles. The van der Waals surface area contributed by atoms with E-state index in [4.69, 9.17) is 0 Å². The maximum absolute atomic E-state index is 13.3. The van der Waals surface area contributed by atoms with E-state index in [1.54, 1.807) is 6.20 Å². The highest BCUT2D eigenvalue weighted by Crippen LogP contribution is 2.29. The highest BCUT2D eigenvalue weighted by molar-refractivity contribution is 6.05. The number of hydrogen-bond acceptors (Lipinski definition) is 5. The van der Waals surface area contributed by atoms with E-state index in [0.717, 1.165) is 48.5 Å². The third-order valence-electron chi connectivity index (χ3n) is 6.27. The van der Waals surface area contributed by atoms with Gasteiger partial charge in [-0.15, -0.1) is 10.2 Å². The molecule has 7 nitrogen and oxygen atoms in total. The normalized spacial score (nSPS) is 20.4. The van der Waals surface area contributed by atoms with Gasteiger partial charge in [0.25, 0.3) is 5.91 Å². The van der Waals surface area contributed by atoms with Crippen molar-refractivity contribution in [2.75, 3.05) is 26.7 Å². The molecular weight excluding hydrogens is 364 g/mol. The van der Waals surface area contributed by atoms with E-state index >= 15 is 0 Å². The second-order valence-corrected chi connectivity index (χ2v) is 8.04. The Kier molecular flexibility index (Phi) is 4.75. The second kappa shape index (κ2) is 7.55.